The standard InChI is InChI=1S/C37H55F2N5O7/c1-6-21-37(2,3)51-36(50)42-32(25-16-11-8-12-17-25)35(49)44-22-13-18-27(44)33(47)40-26(19-20-29(38)39)28(45)23-30(46)41-31(34(48)43(4)5)24-14-9-7-10-15-24/h7,9-10,14-15,25-27,29,31-32H,6,8,11-13,16-23H2,1-5H3,(H,40,47)(H,41,46)(H,42,50). The molecule has 4 atom stereocenters. The van der Waals surface area contributed by atoms with Crippen molar-refractivity contribution in [3.8, 4) is 0 Å². The molecule has 0 aromatic heterocycles. The number of ether oxygens (including phenoxy) is 1. The van der Waals surface area contributed by atoms with Gasteiger partial charge in [0, 0.05) is 27.1 Å². The first kappa shape index (κ1) is 41.3. The highest BCUT2D eigenvalue weighted by Crippen LogP contribution is 2.30. The summed E-state index contributed by atoms with van der Waals surface area (Å²) in [6.07, 6.45) is 1.05. The van der Waals surface area contributed by atoms with Gasteiger partial charge in [0.25, 0.3) is 0 Å². The lowest BCUT2D eigenvalue weighted by molar-refractivity contribution is -0.142. The van der Waals surface area contributed by atoms with Gasteiger partial charge in [0.15, 0.2) is 5.78 Å². The molecule has 51 heavy (non-hydrogen) atoms. The van der Waals surface area contributed by atoms with Crippen LogP contribution in [0.5, 0.6) is 0 Å². The van der Waals surface area contributed by atoms with Gasteiger partial charge in [-0.15, -0.1) is 0 Å². The molecule has 2 aliphatic rings. The van der Waals surface area contributed by atoms with E-state index in [1.54, 1.807) is 44.2 Å². The van der Waals surface area contributed by atoms with Gasteiger partial charge in [0.05, 0.1) is 12.5 Å². The number of hydrogen-bond acceptors (Lipinski definition) is 7. The molecular weight excluding hydrogens is 664 g/mol. The zero-order valence-electron chi connectivity index (χ0n) is 30.6. The SMILES string of the molecule is CCCC(C)(C)OC(=O)NC(C(=O)N1CCCC1C(=O)NC(CCC(F)F)C(=O)CC(=O)NC(C(=O)N(C)C)c1ccccc1)C1CCCCC1. The van der Waals surface area contributed by atoms with Crippen LogP contribution in [0.25, 0.3) is 0 Å². The van der Waals surface area contributed by atoms with E-state index in [0.717, 1.165) is 38.5 Å². The van der Waals surface area contributed by atoms with Gasteiger partial charge in [-0.2, -0.15) is 0 Å². The largest absolute Gasteiger partial charge is 0.444 e. The number of nitrogens with one attached hydrogen (secondary N) is 3. The van der Waals surface area contributed by atoms with Crippen LogP contribution in [0, 0.1) is 5.92 Å². The molecule has 1 aromatic carbocycles. The molecule has 5 amide bonds. The van der Waals surface area contributed by atoms with Crippen molar-refractivity contribution < 1.29 is 42.3 Å². The maximum absolute atomic E-state index is 14.1. The van der Waals surface area contributed by atoms with Crippen LogP contribution in [-0.4, -0.2) is 96.1 Å². The summed E-state index contributed by atoms with van der Waals surface area (Å²) in [6.45, 7) is 5.81. The first-order chi connectivity index (χ1) is 24.1. The number of carbonyl (C=O) groups is 6. The lowest BCUT2D eigenvalue weighted by Gasteiger charge is -2.35. The molecule has 4 unspecified atom stereocenters. The Morgan fingerprint density at radius 2 is 1.59 bits per heavy atom. The average molecular weight is 720 g/mol. The summed E-state index contributed by atoms with van der Waals surface area (Å²) >= 11 is 0. The Bertz CT molecular complexity index is 1350. The third-order valence-electron chi connectivity index (χ3n) is 9.56. The van der Waals surface area contributed by atoms with Crippen molar-refractivity contribution in [3.05, 3.63) is 35.9 Å². The molecule has 1 saturated heterocycles. The predicted molar refractivity (Wildman–Crippen MR) is 187 cm³/mol. The summed E-state index contributed by atoms with van der Waals surface area (Å²) < 4.78 is 32.3. The number of Topliss-reactive ketones (excluding diaryl/α,β-unsaturated/α-hetero) is 1. The van der Waals surface area contributed by atoms with Crippen LogP contribution in [0.1, 0.15) is 109 Å². The van der Waals surface area contributed by atoms with Gasteiger partial charge in [0.2, 0.25) is 30.1 Å². The fraction of sp³-hybridized carbons (Fsp3) is 0.676. The number of amides is 5. The maximum atomic E-state index is 14.1. The molecule has 14 heteroatoms. The highest BCUT2D eigenvalue weighted by atomic mass is 19.3. The zero-order valence-corrected chi connectivity index (χ0v) is 30.6. The van der Waals surface area contributed by atoms with E-state index in [1.165, 1.54) is 23.9 Å². The minimum atomic E-state index is -2.76. The molecule has 3 rings (SSSR count). The Morgan fingerprint density at radius 3 is 2.20 bits per heavy atom. The number of hydrogen-bond donors (Lipinski definition) is 3. The quantitative estimate of drug-likeness (QED) is 0.198. The number of nitrogens with zero attached hydrogens (tertiary/aromatic N) is 2. The van der Waals surface area contributed by atoms with Gasteiger partial charge >= 0.3 is 6.09 Å². The van der Waals surface area contributed by atoms with E-state index < -0.39 is 91.0 Å². The van der Waals surface area contributed by atoms with E-state index in [4.69, 9.17) is 4.74 Å². The van der Waals surface area contributed by atoms with Crippen LogP contribution in [0.4, 0.5) is 13.6 Å². The van der Waals surface area contributed by atoms with Gasteiger partial charge in [0.1, 0.15) is 23.7 Å². The molecule has 3 N–H and O–H groups in total. The van der Waals surface area contributed by atoms with Crippen LogP contribution < -0.4 is 16.0 Å². The molecule has 284 valence electrons. The van der Waals surface area contributed by atoms with Crippen LogP contribution >= 0.6 is 0 Å². The summed E-state index contributed by atoms with van der Waals surface area (Å²) in [6, 6.07) is 3.99. The van der Waals surface area contributed by atoms with E-state index in [9.17, 15) is 37.5 Å². The van der Waals surface area contributed by atoms with Gasteiger partial charge < -0.3 is 30.5 Å². The Hall–Kier alpha value is -4.10. The summed E-state index contributed by atoms with van der Waals surface area (Å²) in [5.41, 5.74) is -0.250. The Labute approximate surface area is 299 Å². The number of ketones is 1. The van der Waals surface area contributed by atoms with Crippen molar-refractivity contribution in [1.82, 2.24) is 25.8 Å². The molecule has 1 saturated carbocycles. The lowest BCUT2D eigenvalue weighted by atomic mass is 9.83. The molecule has 1 aromatic rings. The molecule has 0 bridgehead atoms. The molecule has 0 spiro atoms. The average Bonchev–Trinajstić information content (AvgIpc) is 3.58. The lowest BCUT2D eigenvalue weighted by Crippen LogP contribution is -2.57. The second kappa shape index (κ2) is 19.5. The minimum absolute atomic E-state index is 0.157. The highest BCUT2D eigenvalue weighted by molar-refractivity contribution is 6.03. The molecule has 12 nitrogen and oxygen atoms in total. The van der Waals surface area contributed by atoms with Gasteiger partial charge in [-0.25, -0.2) is 13.6 Å². The zero-order chi connectivity index (χ0) is 37.7. The third-order valence-corrected chi connectivity index (χ3v) is 9.56. The van der Waals surface area contributed by atoms with Crippen molar-refractivity contribution in [1.29, 1.82) is 0 Å². The summed E-state index contributed by atoms with van der Waals surface area (Å²) in [5, 5.41) is 7.92. The predicted octanol–water partition coefficient (Wildman–Crippen LogP) is 4.67. The van der Waals surface area contributed by atoms with Crippen molar-refractivity contribution in [2.45, 2.75) is 134 Å². The molecular formula is C37H55F2N5O7. The first-order valence-electron chi connectivity index (χ1n) is 18.1. The van der Waals surface area contributed by atoms with E-state index >= 15 is 0 Å². The molecule has 0 radical (unpaired) electrons. The second-order valence-electron chi connectivity index (χ2n) is 14.4. The Morgan fingerprint density at radius 1 is 0.922 bits per heavy atom. The van der Waals surface area contributed by atoms with Gasteiger partial charge in [-0.05, 0) is 63.9 Å². The number of rotatable bonds is 17. The van der Waals surface area contributed by atoms with E-state index in [0.29, 0.717) is 18.4 Å². The van der Waals surface area contributed by atoms with E-state index in [2.05, 4.69) is 16.0 Å². The fourth-order valence-electron chi connectivity index (χ4n) is 6.95. The van der Waals surface area contributed by atoms with E-state index in [-0.39, 0.29) is 18.9 Å². The smallest absolute Gasteiger partial charge is 0.408 e. The number of alkyl carbamates (subject to hydrolysis) is 1. The normalized spacial score (nSPS) is 18.4. The summed E-state index contributed by atoms with van der Waals surface area (Å²) in [7, 11) is 3.05. The Balaban J connectivity index is 1.75. The van der Waals surface area contributed by atoms with Crippen LogP contribution in [0.3, 0.4) is 0 Å². The summed E-state index contributed by atoms with van der Waals surface area (Å²) in [5.74, 6) is -3.34. The number of halogens is 2. The van der Waals surface area contributed by atoms with Crippen molar-refractivity contribution in [2.24, 2.45) is 5.92 Å². The maximum Gasteiger partial charge on any atom is 0.408 e. The Kier molecular flexibility index (Phi) is 15.8. The first-order valence-corrected chi connectivity index (χ1v) is 18.1. The molecule has 2 fully saturated rings. The number of alkyl halides is 2. The number of benzene rings is 1. The second-order valence-corrected chi connectivity index (χ2v) is 14.4. The third kappa shape index (κ3) is 12.6. The van der Waals surface area contributed by atoms with Crippen molar-refractivity contribution in [2.75, 3.05) is 20.6 Å². The number of carbonyl (C=O) groups excluding carboxylic acids is 6. The fourth-order valence-corrected chi connectivity index (χ4v) is 6.95. The number of likely N-dealkylation sites (N-methyl/N-ethyl adjacent to an activating group) is 1. The molecule has 1 heterocycles. The minimum Gasteiger partial charge on any atom is -0.444 e. The topological polar surface area (TPSA) is 154 Å². The van der Waals surface area contributed by atoms with E-state index in [1.807, 2.05) is 6.92 Å². The monoisotopic (exact) mass is 719 g/mol. The molecule has 1 aliphatic carbocycles. The van der Waals surface area contributed by atoms with Crippen LogP contribution in [0.15, 0.2) is 30.3 Å². The van der Waals surface area contributed by atoms with Crippen LogP contribution in [-0.2, 0) is 28.7 Å². The van der Waals surface area contributed by atoms with Gasteiger partial charge in [-0.1, -0.05) is 62.9 Å². The van der Waals surface area contributed by atoms with Gasteiger partial charge in [-0.3, -0.25) is 24.0 Å². The van der Waals surface area contributed by atoms with Crippen LogP contribution in [0.2, 0.25) is 0 Å². The van der Waals surface area contributed by atoms with Crippen molar-refractivity contribution >= 4 is 35.5 Å². The number of likely N-dealkylation sites (tertiary alicyclic amines) is 1. The summed E-state index contributed by atoms with van der Waals surface area (Å²) in [4.78, 5) is 82.9. The highest BCUT2D eigenvalue weighted by Gasteiger charge is 2.42. The molecule has 1 aliphatic heterocycles. The van der Waals surface area contributed by atoms with Crippen molar-refractivity contribution in [3.63, 3.8) is 0 Å².